The molecule has 3 aromatic rings. The average Bonchev–Trinajstić information content (AvgIpc) is 3.37. The van der Waals surface area contributed by atoms with Gasteiger partial charge in [0.05, 0.1) is 19.0 Å². The van der Waals surface area contributed by atoms with Crippen molar-refractivity contribution >= 4 is 22.8 Å². The number of fused-ring (bicyclic) bond motifs is 2. The number of imidazole rings is 1. The van der Waals surface area contributed by atoms with E-state index >= 15 is 0 Å². The van der Waals surface area contributed by atoms with Crippen molar-refractivity contribution in [2.45, 2.75) is 37.8 Å². The molecular formula is C20H21N5O2. The summed E-state index contributed by atoms with van der Waals surface area (Å²) in [5.41, 5.74) is 3.47. The third-order valence-electron chi connectivity index (χ3n) is 5.59. The number of carbonyl (C=O) groups excluding carboxylic acids is 1. The third-order valence-corrected chi connectivity index (χ3v) is 5.59. The fraction of sp³-hybridized carbons (Fsp3) is 0.400. The number of aromatic nitrogens is 4. The minimum atomic E-state index is -0.347. The largest absolute Gasteiger partial charge is 0.368 e. The van der Waals surface area contributed by atoms with Crippen LogP contribution in [0.2, 0.25) is 0 Å². The van der Waals surface area contributed by atoms with Crippen molar-refractivity contribution in [3.63, 3.8) is 0 Å². The highest BCUT2D eigenvalue weighted by Gasteiger charge is 2.32. The molecule has 1 N–H and O–H groups in total. The molecule has 7 nitrogen and oxygen atoms in total. The molecule has 0 amide bonds. The molecule has 27 heavy (non-hydrogen) atoms. The van der Waals surface area contributed by atoms with Crippen molar-refractivity contribution in [2.24, 2.45) is 0 Å². The molecule has 0 bridgehead atoms. The standard InChI is InChI=1S/C20H21N5O2/c26-18-15-6-2-1-4-13(15)7-8-16(18)27-10-14-5-3-9-25(14)20-17-19(22-11-21-17)23-12-24-20/h1-2,4,6,11-12,14,16H,3,5,7-10H2,(H,21,22,23,24)/t14-,16?/m1/s1. The van der Waals surface area contributed by atoms with Crippen molar-refractivity contribution in [1.29, 1.82) is 0 Å². The summed E-state index contributed by atoms with van der Waals surface area (Å²) in [6.07, 6.45) is 6.59. The number of aryl methyl sites for hydroxylation is 1. The first-order chi connectivity index (χ1) is 13.3. The second kappa shape index (κ2) is 6.74. The first-order valence-corrected chi connectivity index (χ1v) is 9.45. The molecule has 1 aromatic carbocycles. The molecule has 1 saturated heterocycles. The van der Waals surface area contributed by atoms with E-state index in [1.807, 2.05) is 24.3 Å². The molecule has 1 aliphatic heterocycles. The van der Waals surface area contributed by atoms with Crippen LogP contribution in [-0.4, -0.2) is 51.0 Å². The van der Waals surface area contributed by atoms with Crippen LogP contribution in [0.4, 0.5) is 5.82 Å². The number of H-pyrrole nitrogens is 1. The number of carbonyl (C=O) groups is 1. The number of benzene rings is 1. The predicted molar refractivity (Wildman–Crippen MR) is 101 cm³/mol. The number of anilines is 1. The van der Waals surface area contributed by atoms with E-state index in [1.54, 1.807) is 12.7 Å². The third kappa shape index (κ3) is 2.88. The van der Waals surface area contributed by atoms with Crippen molar-refractivity contribution in [3.05, 3.63) is 48.0 Å². The smallest absolute Gasteiger partial charge is 0.191 e. The van der Waals surface area contributed by atoms with Gasteiger partial charge in [-0.15, -0.1) is 0 Å². The van der Waals surface area contributed by atoms with Crippen LogP contribution in [0.15, 0.2) is 36.9 Å². The van der Waals surface area contributed by atoms with Crippen LogP contribution in [0, 0.1) is 0 Å². The molecule has 2 atom stereocenters. The number of nitrogens with one attached hydrogen (secondary N) is 1. The molecule has 1 unspecified atom stereocenters. The van der Waals surface area contributed by atoms with Crippen molar-refractivity contribution in [2.75, 3.05) is 18.1 Å². The van der Waals surface area contributed by atoms with E-state index in [2.05, 4.69) is 24.8 Å². The maximum atomic E-state index is 12.7. The van der Waals surface area contributed by atoms with Crippen LogP contribution in [0.1, 0.15) is 35.2 Å². The molecule has 3 heterocycles. The zero-order chi connectivity index (χ0) is 18.2. The van der Waals surface area contributed by atoms with Gasteiger partial charge in [-0.2, -0.15) is 0 Å². The van der Waals surface area contributed by atoms with Gasteiger partial charge in [0.25, 0.3) is 0 Å². The van der Waals surface area contributed by atoms with Gasteiger partial charge in [-0.3, -0.25) is 4.79 Å². The normalized spacial score (nSPS) is 22.4. The highest BCUT2D eigenvalue weighted by molar-refractivity contribution is 6.01. The quantitative estimate of drug-likeness (QED) is 0.767. The van der Waals surface area contributed by atoms with Gasteiger partial charge >= 0.3 is 0 Å². The van der Waals surface area contributed by atoms with E-state index in [1.165, 1.54) is 0 Å². The number of hydrogen-bond acceptors (Lipinski definition) is 6. The summed E-state index contributed by atoms with van der Waals surface area (Å²) in [5.74, 6) is 0.975. The number of Topliss-reactive ketones (excluding diaryl/α,β-unsaturated/α-hetero) is 1. The number of rotatable bonds is 4. The van der Waals surface area contributed by atoms with E-state index in [4.69, 9.17) is 4.74 Å². The number of ether oxygens (including phenoxy) is 1. The van der Waals surface area contributed by atoms with Crippen LogP contribution in [-0.2, 0) is 11.2 Å². The number of ketones is 1. The summed E-state index contributed by atoms with van der Waals surface area (Å²) in [5, 5.41) is 0. The number of hydrogen-bond donors (Lipinski definition) is 1. The Bertz CT molecular complexity index is 985. The molecule has 2 aliphatic rings. The average molecular weight is 363 g/mol. The lowest BCUT2D eigenvalue weighted by molar-refractivity contribution is 0.0311. The van der Waals surface area contributed by atoms with Gasteiger partial charge in [-0.05, 0) is 31.2 Å². The molecule has 5 rings (SSSR count). The Morgan fingerprint density at radius 3 is 3.07 bits per heavy atom. The highest BCUT2D eigenvalue weighted by atomic mass is 16.5. The molecule has 7 heteroatoms. The fourth-order valence-electron chi connectivity index (χ4n) is 4.21. The Morgan fingerprint density at radius 2 is 2.11 bits per heavy atom. The summed E-state index contributed by atoms with van der Waals surface area (Å²) >= 11 is 0. The van der Waals surface area contributed by atoms with Crippen LogP contribution in [0.25, 0.3) is 11.2 Å². The van der Waals surface area contributed by atoms with E-state index in [9.17, 15) is 4.79 Å². The lowest BCUT2D eigenvalue weighted by Gasteiger charge is -2.29. The van der Waals surface area contributed by atoms with Gasteiger partial charge in [-0.25, -0.2) is 15.0 Å². The summed E-state index contributed by atoms with van der Waals surface area (Å²) in [4.78, 5) is 31.0. The molecule has 1 aliphatic carbocycles. The van der Waals surface area contributed by atoms with Crippen LogP contribution < -0.4 is 4.90 Å². The van der Waals surface area contributed by atoms with Crippen LogP contribution in [0.3, 0.4) is 0 Å². The number of aromatic amines is 1. The summed E-state index contributed by atoms with van der Waals surface area (Å²) < 4.78 is 6.12. The molecular weight excluding hydrogens is 342 g/mol. The van der Waals surface area contributed by atoms with Gasteiger partial charge in [-0.1, -0.05) is 24.3 Å². The molecule has 2 aromatic heterocycles. The van der Waals surface area contributed by atoms with Crippen molar-refractivity contribution in [1.82, 2.24) is 19.9 Å². The van der Waals surface area contributed by atoms with Crippen molar-refractivity contribution in [3.8, 4) is 0 Å². The minimum absolute atomic E-state index is 0.111. The molecule has 1 fully saturated rings. The first-order valence-electron chi connectivity index (χ1n) is 9.45. The van der Waals surface area contributed by atoms with Gasteiger partial charge < -0.3 is 14.6 Å². The Kier molecular flexibility index (Phi) is 4.09. The summed E-state index contributed by atoms with van der Waals surface area (Å²) in [6.45, 7) is 1.44. The van der Waals surface area contributed by atoms with Crippen LogP contribution in [0.5, 0.6) is 0 Å². The van der Waals surface area contributed by atoms with E-state index in [0.29, 0.717) is 12.3 Å². The molecule has 0 radical (unpaired) electrons. The number of nitrogens with zero attached hydrogens (tertiary/aromatic N) is 4. The van der Waals surface area contributed by atoms with E-state index in [-0.39, 0.29) is 17.9 Å². The monoisotopic (exact) mass is 363 g/mol. The molecule has 0 spiro atoms. The van der Waals surface area contributed by atoms with E-state index < -0.39 is 0 Å². The van der Waals surface area contributed by atoms with Crippen LogP contribution >= 0.6 is 0 Å². The fourth-order valence-corrected chi connectivity index (χ4v) is 4.21. The molecule has 138 valence electrons. The van der Waals surface area contributed by atoms with E-state index in [0.717, 1.165) is 54.7 Å². The summed E-state index contributed by atoms with van der Waals surface area (Å²) in [6, 6.07) is 8.05. The topological polar surface area (TPSA) is 84.0 Å². The van der Waals surface area contributed by atoms with Gasteiger partial charge in [0.1, 0.15) is 17.9 Å². The van der Waals surface area contributed by atoms with Gasteiger partial charge in [0.15, 0.2) is 17.2 Å². The minimum Gasteiger partial charge on any atom is -0.368 e. The van der Waals surface area contributed by atoms with Gasteiger partial charge in [0.2, 0.25) is 0 Å². The summed E-state index contributed by atoms with van der Waals surface area (Å²) in [7, 11) is 0. The second-order valence-electron chi connectivity index (χ2n) is 7.17. The Hall–Kier alpha value is -2.80. The first kappa shape index (κ1) is 16.4. The zero-order valence-corrected chi connectivity index (χ0v) is 15.0. The highest BCUT2D eigenvalue weighted by Crippen LogP contribution is 2.29. The lowest BCUT2D eigenvalue weighted by atomic mass is 9.89. The molecule has 0 saturated carbocycles. The van der Waals surface area contributed by atoms with Crippen molar-refractivity contribution < 1.29 is 9.53 Å². The second-order valence-corrected chi connectivity index (χ2v) is 7.17. The predicted octanol–water partition coefficient (Wildman–Crippen LogP) is 2.54. The maximum absolute atomic E-state index is 12.7. The Labute approximate surface area is 156 Å². The lowest BCUT2D eigenvalue weighted by Crippen LogP contribution is -2.38. The van der Waals surface area contributed by atoms with Gasteiger partial charge in [0, 0.05) is 12.1 Å². The Morgan fingerprint density at radius 1 is 1.19 bits per heavy atom. The zero-order valence-electron chi connectivity index (χ0n) is 15.0. The Balaban J connectivity index is 1.31. The maximum Gasteiger partial charge on any atom is 0.191 e. The SMILES string of the molecule is O=C1c2ccccc2CCC1OC[C@H]1CCCN1c1ncnc2nc[nH]c12.